The first-order valence-corrected chi connectivity index (χ1v) is 6.78. The number of Topliss-reactive ketones (excluding diaryl/α,β-unsaturated/α-hetero) is 1. The lowest BCUT2D eigenvalue weighted by Crippen LogP contribution is -2.25. The Kier molecular flexibility index (Phi) is 9.52. The third-order valence-corrected chi connectivity index (χ3v) is 2.61. The summed E-state index contributed by atoms with van der Waals surface area (Å²) in [5.41, 5.74) is 0. The molecule has 1 atom stereocenters. The van der Waals surface area contributed by atoms with Gasteiger partial charge < -0.3 is 4.74 Å². The van der Waals surface area contributed by atoms with E-state index in [1.807, 2.05) is 6.92 Å². The molecule has 0 aromatic rings. The third kappa shape index (κ3) is 6.44. The Morgan fingerprint density at radius 2 is 2.07 bits per heavy atom. The smallest absolute Gasteiger partial charge is 0.161 e. The molecule has 84 valence electrons. The Balaban J connectivity index is 3.88. The van der Waals surface area contributed by atoms with Crippen molar-refractivity contribution in [3.05, 3.63) is 0 Å². The Morgan fingerprint density at radius 1 is 1.36 bits per heavy atom. The molecule has 0 saturated heterocycles. The maximum Gasteiger partial charge on any atom is 0.161 e. The van der Waals surface area contributed by atoms with E-state index in [1.54, 1.807) is 11.8 Å². The minimum atomic E-state index is -0.151. The minimum absolute atomic E-state index is 0.151. The number of ether oxygens (including phenoxy) is 1. The largest absolute Gasteiger partial charge is 0.370 e. The molecule has 1 unspecified atom stereocenters. The highest BCUT2D eigenvalue weighted by Crippen LogP contribution is 2.09. The predicted octanol–water partition coefficient (Wildman–Crippen LogP) is 2.90. The van der Waals surface area contributed by atoms with E-state index in [0.29, 0.717) is 13.0 Å². The molecule has 0 aliphatic rings. The van der Waals surface area contributed by atoms with Gasteiger partial charge in [0.2, 0.25) is 0 Å². The first-order chi connectivity index (χ1) is 6.76. The monoisotopic (exact) mass is 218 g/mol. The van der Waals surface area contributed by atoms with Gasteiger partial charge in [0, 0.05) is 13.0 Å². The molecule has 14 heavy (non-hydrogen) atoms. The quantitative estimate of drug-likeness (QED) is 0.595. The van der Waals surface area contributed by atoms with Crippen LogP contribution in [0.25, 0.3) is 0 Å². The Hall–Kier alpha value is -0.0200. The van der Waals surface area contributed by atoms with E-state index in [4.69, 9.17) is 4.74 Å². The molecule has 0 bridgehead atoms. The van der Waals surface area contributed by atoms with E-state index in [1.165, 1.54) is 0 Å². The zero-order valence-electron chi connectivity index (χ0n) is 9.54. The van der Waals surface area contributed by atoms with Crippen molar-refractivity contribution in [3.63, 3.8) is 0 Å². The molecular weight excluding hydrogens is 196 g/mol. The molecule has 0 radical (unpaired) electrons. The van der Waals surface area contributed by atoms with Crippen molar-refractivity contribution < 1.29 is 9.53 Å². The molecule has 0 aromatic heterocycles. The molecule has 0 aromatic carbocycles. The maximum atomic E-state index is 11.6. The average Bonchev–Trinajstić information content (AvgIpc) is 2.18. The van der Waals surface area contributed by atoms with Gasteiger partial charge >= 0.3 is 0 Å². The highest BCUT2D eigenvalue weighted by molar-refractivity contribution is 7.98. The van der Waals surface area contributed by atoms with Crippen molar-refractivity contribution in [2.45, 2.75) is 45.6 Å². The zero-order chi connectivity index (χ0) is 10.8. The summed E-state index contributed by atoms with van der Waals surface area (Å²) in [7, 11) is 0. The van der Waals surface area contributed by atoms with Crippen LogP contribution >= 0.6 is 11.8 Å². The van der Waals surface area contributed by atoms with Crippen molar-refractivity contribution in [2.75, 3.05) is 18.6 Å². The summed E-state index contributed by atoms with van der Waals surface area (Å²) in [5.74, 6) is 1.28. The SMILES string of the molecule is CCCOC(CCSC)C(=O)CCC. The van der Waals surface area contributed by atoms with E-state index >= 15 is 0 Å². The lowest BCUT2D eigenvalue weighted by molar-refractivity contribution is -0.130. The van der Waals surface area contributed by atoms with Crippen LogP contribution < -0.4 is 0 Å². The summed E-state index contributed by atoms with van der Waals surface area (Å²) in [4.78, 5) is 11.6. The summed E-state index contributed by atoms with van der Waals surface area (Å²) >= 11 is 1.77. The molecule has 3 heteroatoms. The fraction of sp³-hybridized carbons (Fsp3) is 0.909. The fourth-order valence-corrected chi connectivity index (χ4v) is 1.68. The second kappa shape index (κ2) is 9.53. The average molecular weight is 218 g/mol. The molecule has 0 spiro atoms. The number of rotatable bonds is 9. The third-order valence-electron chi connectivity index (χ3n) is 1.96. The molecule has 0 heterocycles. The van der Waals surface area contributed by atoms with Gasteiger partial charge in [-0.05, 0) is 31.3 Å². The van der Waals surface area contributed by atoms with Crippen LogP contribution in [-0.4, -0.2) is 30.5 Å². The topological polar surface area (TPSA) is 26.3 Å². The molecule has 0 N–H and O–H groups in total. The zero-order valence-corrected chi connectivity index (χ0v) is 10.4. The van der Waals surface area contributed by atoms with Crippen molar-refractivity contribution in [3.8, 4) is 0 Å². The first-order valence-electron chi connectivity index (χ1n) is 5.39. The molecule has 0 aliphatic carbocycles. The van der Waals surface area contributed by atoms with Crippen LogP contribution in [0.2, 0.25) is 0 Å². The Morgan fingerprint density at radius 3 is 2.57 bits per heavy atom. The molecule has 2 nitrogen and oxygen atoms in total. The van der Waals surface area contributed by atoms with Crippen molar-refractivity contribution >= 4 is 17.5 Å². The van der Waals surface area contributed by atoms with Gasteiger partial charge in [-0.1, -0.05) is 13.8 Å². The molecule has 0 rings (SSSR count). The summed E-state index contributed by atoms with van der Waals surface area (Å²) in [6.45, 7) is 4.80. The van der Waals surface area contributed by atoms with Gasteiger partial charge in [-0.15, -0.1) is 0 Å². The Labute approximate surface area is 91.8 Å². The summed E-state index contributed by atoms with van der Waals surface area (Å²) < 4.78 is 5.54. The molecule has 0 saturated carbocycles. The van der Waals surface area contributed by atoms with Crippen molar-refractivity contribution in [2.24, 2.45) is 0 Å². The summed E-state index contributed by atoms with van der Waals surface area (Å²) in [6, 6.07) is 0. The standard InChI is InChI=1S/C11H22O2S/c1-4-6-10(12)11(7-9-14-3)13-8-5-2/h11H,4-9H2,1-3H3. The van der Waals surface area contributed by atoms with Crippen LogP contribution in [0, 0.1) is 0 Å². The van der Waals surface area contributed by atoms with Crippen LogP contribution in [0.5, 0.6) is 0 Å². The van der Waals surface area contributed by atoms with E-state index in [2.05, 4.69) is 13.2 Å². The van der Waals surface area contributed by atoms with E-state index in [9.17, 15) is 4.79 Å². The van der Waals surface area contributed by atoms with Gasteiger partial charge in [0.1, 0.15) is 6.10 Å². The van der Waals surface area contributed by atoms with Crippen LogP contribution in [-0.2, 0) is 9.53 Å². The molecule has 0 aliphatic heterocycles. The van der Waals surface area contributed by atoms with Crippen LogP contribution in [0.4, 0.5) is 0 Å². The number of thioether (sulfide) groups is 1. The number of hydrogen-bond donors (Lipinski definition) is 0. The number of ketones is 1. The number of carbonyl (C=O) groups is 1. The lowest BCUT2D eigenvalue weighted by atomic mass is 10.1. The highest BCUT2D eigenvalue weighted by Gasteiger charge is 2.16. The van der Waals surface area contributed by atoms with Crippen LogP contribution in [0.3, 0.4) is 0 Å². The first kappa shape index (κ1) is 14.0. The summed E-state index contributed by atoms with van der Waals surface area (Å²) in [6.07, 6.45) is 5.32. The second-order valence-electron chi connectivity index (χ2n) is 3.36. The number of hydrogen-bond acceptors (Lipinski definition) is 3. The van der Waals surface area contributed by atoms with Gasteiger partial charge in [-0.25, -0.2) is 0 Å². The van der Waals surface area contributed by atoms with Gasteiger partial charge in [0.05, 0.1) is 0 Å². The van der Waals surface area contributed by atoms with Gasteiger partial charge in [-0.2, -0.15) is 11.8 Å². The van der Waals surface area contributed by atoms with E-state index in [-0.39, 0.29) is 11.9 Å². The van der Waals surface area contributed by atoms with Crippen LogP contribution in [0.15, 0.2) is 0 Å². The summed E-state index contributed by atoms with van der Waals surface area (Å²) in [5, 5.41) is 0. The van der Waals surface area contributed by atoms with E-state index < -0.39 is 0 Å². The van der Waals surface area contributed by atoms with Crippen molar-refractivity contribution in [1.29, 1.82) is 0 Å². The molecular formula is C11H22O2S. The lowest BCUT2D eigenvalue weighted by Gasteiger charge is -2.15. The normalized spacial score (nSPS) is 12.8. The Bertz CT molecular complexity index is 140. The maximum absolute atomic E-state index is 11.6. The minimum Gasteiger partial charge on any atom is -0.370 e. The van der Waals surface area contributed by atoms with Crippen molar-refractivity contribution in [1.82, 2.24) is 0 Å². The van der Waals surface area contributed by atoms with Gasteiger partial charge in [0.15, 0.2) is 5.78 Å². The van der Waals surface area contributed by atoms with Crippen LogP contribution in [0.1, 0.15) is 39.5 Å². The van der Waals surface area contributed by atoms with Gasteiger partial charge in [-0.3, -0.25) is 4.79 Å². The second-order valence-corrected chi connectivity index (χ2v) is 4.34. The predicted molar refractivity (Wildman–Crippen MR) is 62.9 cm³/mol. The fourth-order valence-electron chi connectivity index (χ4n) is 1.23. The van der Waals surface area contributed by atoms with E-state index in [0.717, 1.165) is 25.0 Å². The number of carbonyl (C=O) groups excluding carboxylic acids is 1. The highest BCUT2D eigenvalue weighted by atomic mass is 32.2. The van der Waals surface area contributed by atoms with Gasteiger partial charge in [0.25, 0.3) is 0 Å². The molecule has 0 amide bonds. The molecule has 0 fully saturated rings.